The molecule has 0 radical (unpaired) electrons. The minimum absolute atomic E-state index is 0.243. The SMILES string of the molecule is N#CCN(O)COc1ccc([N+](=O)[O-])cc1[N+](=O)[O-]. The quantitative estimate of drug-likeness (QED) is 0.349. The Balaban J connectivity index is 2.92. The Kier molecular flexibility index (Phi) is 4.69. The molecule has 0 unspecified atom stereocenters. The summed E-state index contributed by atoms with van der Waals surface area (Å²) in [4.78, 5) is 19.6. The normalized spacial score (nSPS) is 9.95. The molecule has 10 nitrogen and oxygen atoms in total. The summed E-state index contributed by atoms with van der Waals surface area (Å²) in [5, 5.41) is 39.1. The Morgan fingerprint density at radius 2 is 2.05 bits per heavy atom. The fraction of sp³-hybridized carbons (Fsp3) is 0.222. The van der Waals surface area contributed by atoms with Crippen molar-refractivity contribution in [1.82, 2.24) is 5.06 Å². The van der Waals surface area contributed by atoms with Gasteiger partial charge in [0.05, 0.1) is 22.0 Å². The first kappa shape index (κ1) is 14.3. The zero-order valence-corrected chi connectivity index (χ0v) is 9.42. The van der Waals surface area contributed by atoms with Crippen molar-refractivity contribution in [1.29, 1.82) is 5.26 Å². The van der Waals surface area contributed by atoms with Crippen LogP contribution in [0.4, 0.5) is 11.4 Å². The number of ether oxygens (including phenoxy) is 1. The van der Waals surface area contributed by atoms with Crippen molar-refractivity contribution in [3.05, 3.63) is 38.4 Å². The van der Waals surface area contributed by atoms with Crippen LogP contribution in [0.25, 0.3) is 0 Å². The summed E-state index contributed by atoms with van der Waals surface area (Å²) in [5.74, 6) is -0.243. The third kappa shape index (κ3) is 3.87. The highest BCUT2D eigenvalue weighted by Gasteiger charge is 2.21. The van der Waals surface area contributed by atoms with Crippen LogP contribution in [0.3, 0.4) is 0 Å². The van der Waals surface area contributed by atoms with E-state index in [0.29, 0.717) is 5.06 Å². The Labute approximate surface area is 106 Å². The molecule has 0 atom stereocenters. The van der Waals surface area contributed by atoms with Crippen LogP contribution in [0.2, 0.25) is 0 Å². The van der Waals surface area contributed by atoms with E-state index in [9.17, 15) is 20.2 Å². The summed E-state index contributed by atoms with van der Waals surface area (Å²) in [6.07, 6.45) is 0. The predicted molar refractivity (Wildman–Crippen MR) is 59.4 cm³/mol. The summed E-state index contributed by atoms with van der Waals surface area (Å²) in [6, 6.07) is 4.48. The number of nitro groups is 2. The molecule has 0 saturated carbocycles. The molecule has 0 aromatic heterocycles. The van der Waals surface area contributed by atoms with Crippen LogP contribution in [0.15, 0.2) is 18.2 Å². The van der Waals surface area contributed by atoms with Gasteiger partial charge in [-0.3, -0.25) is 20.2 Å². The van der Waals surface area contributed by atoms with Crippen LogP contribution in [-0.4, -0.2) is 33.4 Å². The third-order valence-electron chi connectivity index (χ3n) is 1.97. The molecule has 0 bridgehead atoms. The average Bonchev–Trinajstić information content (AvgIpc) is 2.36. The van der Waals surface area contributed by atoms with E-state index in [-0.39, 0.29) is 12.3 Å². The molecule has 0 spiro atoms. The van der Waals surface area contributed by atoms with Crippen molar-refractivity contribution in [3.8, 4) is 11.8 Å². The lowest BCUT2D eigenvalue weighted by Crippen LogP contribution is -2.24. The number of hydrogen-bond donors (Lipinski definition) is 1. The smallest absolute Gasteiger partial charge is 0.317 e. The van der Waals surface area contributed by atoms with Gasteiger partial charge in [-0.25, -0.2) is 0 Å². The third-order valence-corrected chi connectivity index (χ3v) is 1.97. The standard InChI is InChI=1S/C9H8N4O6/c10-3-4-11(14)6-19-9-2-1-7(12(15)16)5-8(9)13(17)18/h1-2,5,14H,4,6H2. The number of hydroxylamine groups is 2. The van der Waals surface area contributed by atoms with Crippen LogP contribution in [0.1, 0.15) is 0 Å². The second-order valence-corrected chi connectivity index (χ2v) is 3.26. The molecule has 10 heteroatoms. The molecular formula is C9H8N4O6. The van der Waals surface area contributed by atoms with E-state index in [1.54, 1.807) is 6.07 Å². The van der Waals surface area contributed by atoms with Gasteiger partial charge >= 0.3 is 5.69 Å². The van der Waals surface area contributed by atoms with Gasteiger partial charge in [-0.1, -0.05) is 0 Å². The number of nitro benzene ring substituents is 2. The molecule has 0 aliphatic carbocycles. The maximum Gasteiger partial charge on any atom is 0.317 e. The molecule has 1 rings (SSSR count). The molecule has 1 aromatic rings. The highest BCUT2D eigenvalue weighted by atomic mass is 16.6. The number of non-ortho nitro benzene ring substituents is 1. The minimum atomic E-state index is -0.839. The Hall–Kier alpha value is -2.77. The lowest BCUT2D eigenvalue weighted by molar-refractivity contribution is -0.394. The van der Waals surface area contributed by atoms with Gasteiger partial charge in [0.2, 0.25) is 0 Å². The second-order valence-electron chi connectivity index (χ2n) is 3.26. The monoisotopic (exact) mass is 268 g/mol. The molecule has 0 amide bonds. The predicted octanol–water partition coefficient (Wildman–Crippen LogP) is 1.05. The topological polar surface area (TPSA) is 143 Å². The molecular weight excluding hydrogens is 260 g/mol. The van der Waals surface area contributed by atoms with Crippen LogP contribution < -0.4 is 4.74 Å². The molecule has 0 aliphatic rings. The summed E-state index contributed by atoms with van der Waals surface area (Å²) in [7, 11) is 0. The van der Waals surface area contributed by atoms with Gasteiger partial charge in [0.25, 0.3) is 5.69 Å². The number of nitrogens with zero attached hydrogens (tertiary/aromatic N) is 4. The van der Waals surface area contributed by atoms with Crippen LogP contribution >= 0.6 is 0 Å². The molecule has 100 valence electrons. The van der Waals surface area contributed by atoms with Gasteiger partial charge in [0.15, 0.2) is 12.5 Å². The molecule has 19 heavy (non-hydrogen) atoms. The van der Waals surface area contributed by atoms with Crippen molar-refractivity contribution >= 4 is 11.4 Å². The maximum atomic E-state index is 10.7. The van der Waals surface area contributed by atoms with Crippen molar-refractivity contribution in [2.75, 3.05) is 13.3 Å². The summed E-state index contributed by atoms with van der Waals surface area (Å²) in [6.45, 7) is -0.826. The fourth-order valence-electron chi connectivity index (χ4n) is 1.16. The zero-order chi connectivity index (χ0) is 14.4. The van der Waals surface area contributed by atoms with Crippen molar-refractivity contribution in [2.45, 2.75) is 0 Å². The van der Waals surface area contributed by atoms with Crippen molar-refractivity contribution in [2.24, 2.45) is 0 Å². The van der Waals surface area contributed by atoms with Crippen LogP contribution in [-0.2, 0) is 0 Å². The first-order valence-electron chi connectivity index (χ1n) is 4.82. The Morgan fingerprint density at radius 3 is 2.58 bits per heavy atom. The largest absolute Gasteiger partial charge is 0.469 e. The van der Waals surface area contributed by atoms with E-state index < -0.39 is 28.0 Å². The first-order valence-corrected chi connectivity index (χ1v) is 4.82. The van der Waals surface area contributed by atoms with E-state index >= 15 is 0 Å². The fourth-order valence-corrected chi connectivity index (χ4v) is 1.16. The molecule has 0 fully saturated rings. The maximum absolute atomic E-state index is 10.7. The van der Waals surface area contributed by atoms with Gasteiger partial charge in [0.1, 0.15) is 6.54 Å². The average molecular weight is 268 g/mol. The molecule has 1 N–H and O–H groups in total. The summed E-state index contributed by atoms with van der Waals surface area (Å²) in [5.41, 5.74) is -1.04. The number of rotatable bonds is 6. The first-order chi connectivity index (χ1) is 8.95. The van der Waals surface area contributed by atoms with Gasteiger partial charge in [-0.15, -0.1) is 5.06 Å². The lowest BCUT2D eigenvalue weighted by atomic mass is 10.2. The van der Waals surface area contributed by atoms with E-state index in [1.165, 1.54) is 0 Å². The summed E-state index contributed by atoms with van der Waals surface area (Å²) < 4.78 is 4.91. The van der Waals surface area contributed by atoms with Gasteiger partial charge < -0.3 is 9.94 Å². The number of benzene rings is 1. The number of hydrogen-bond acceptors (Lipinski definition) is 8. The van der Waals surface area contributed by atoms with Gasteiger partial charge in [-0.2, -0.15) is 5.26 Å². The van der Waals surface area contributed by atoms with E-state index in [4.69, 9.17) is 15.2 Å². The highest BCUT2D eigenvalue weighted by molar-refractivity contribution is 5.53. The van der Waals surface area contributed by atoms with Crippen LogP contribution in [0.5, 0.6) is 5.75 Å². The van der Waals surface area contributed by atoms with E-state index in [2.05, 4.69) is 0 Å². The number of nitriles is 1. The van der Waals surface area contributed by atoms with Gasteiger partial charge in [-0.05, 0) is 6.07 Å². The molecule has 0 saturated heterocycles. The highest BCUT2D eigenvalue weighted by Crippen LogP contribution is 2.30. The molecule has 0 aliphatic heterocycles. The minimum Gasteiger partial charge on any atom is -0.469 e. The summed E-state index contributed by atoms with van der Waals surface area (Å²) >= 11 is 0. The Bertz CT molecular complexity index is 540. The molecule has 1 aromatic carbocycles. The zero-order valence-electron chi connectivity index (χ0n) is 9.42. The van der Waals surface area contributed by atoms with E-state index in [1.807, 2.05) is 0 Å². The van der Waals surface area contributed by atoms with Crippen molar-refractivity contribution in [3.63, 3.8) is 0 Å². The Morgan fingerprint density at radius 1 is 1.37 bits per heavy atom. The van der Waals surface area contributed by atoms with Crippen LogP contribution in [0, 0.1) is 31.6 Å². The van der Waals surface area contributed by atoms with Crippen molar-refractivity contribution < 1.29 is 19.8 Å². The van der Waals surface area contributed by atoms with E-state index in [0.717, 1.165) is 18.2 Å². The molecule has 0 heterocycles. The lowest BCUT2D eigenvalue weighted by Gasteiger charge is -2.11. The van der Waals surface area contributed by atoms with Gasteiger partial charge in [0, 0.05) is 6.07 Å². The second kappa shape index (κ2) is 6.24.